The Labute approximate surface area is 119 Å². The smallest absolute Gasteiger partial charge is 0.229 e. The largest absolute Gasteiger partial charge is 0.391 e. The van der Waals surface area contributed by atoms with E-state index in [1.54, 1.807) is 6.92 Å². The minimum atomic E-state index is -0.669. The van der Waals surface area contributed by atoms with Crippen molar-refractivity contribution in [2.24, 2.45) is 0 Å². The van der Waals surface area contributed by atoms with Gasteiger partial charge < -0.3 is 5.11 Å². The summed E-state index contributed by atoms with van der Waals surface area (Å²) in [5.74, 6) is -0.305. The van der Waals surface area contributed by atoms with Gasteiger partial charge in [0.25, 0.3) is 0 Å². The fourth-order valence-electron chi connectivity index (χ4n) is 2.18. The number of aliphatic hydroxyl groups is 1. The Kier molecular flexibility index (Phi) is 6.58. The van der Waals surface area contributed by atoms with Crippen molar-refractivity contribution >= 4 is 17.6 Å². The number of β-amino-alcohol motifs (C(OH)–C–C–N with tert-alkyl or cyclic N) is 1. The van der Waals surface area contributed by atoms with Crippen LogP contribution >= 0.6 is 0 Å². The topological polar surface area (TPSA) is 74.7 Å². The number of carbonyl (C=O) groups excluding carboxylic acids is 3. The summed E-state index contributed by atoms with van der Waals surface area (Å²) in [7, 11) is 0. The number of amides is 2. The molecule has 1 saturated heterocycles. The van der Waals surface area contributed by atoms with Crippen molar-refractivity contribution in [3.63, 3.8) is 0 Å². The lowest BCUT2D eigenvalue weighted by molar-refractivity contribution is -0.140. The molecule has 0 aromatic rings. The third-order valence-corrected chi connectivity index (χ3v) is 3.47. The van der Waals surface area contributed by atoms with E-state index >= 15 is 0 Å². The van der Waals surface area contributed by atoms with E-state index in [4.69, 9.17) is 0 Å². The molecule has 0 saturated carbocycles. The molecule has 1 heterocycles. The van der Waals surface area contributed by atoms with Crippen LogP contribution in [0.5, 0.6) is 0 Å². The molecule has 1 fully saturated rings. The minimum absolute atomic E-state index is 0.0822. The van der Waals surface area contributed by atoms with E-state index in [0.717, 1.165) is 24.2 Å². The van der Waals surface area contributed by atoms with Gasteiger partial charge in [-0.1, -0.05) is 19.4 Å². The van der Waals surface area contributed by atoms with Gasteiger partial charge in [-0.05, 0) is 25.3 Å². The molecule has 1 aliphatic rings. The predicted molar refractivity (Wildman–Crippen MR) is 74.9 cm³/mol. The molecule has 2 amide bonds. The van der Waals surface area contributed by atoms with E-state index < -0.39 is 6.10 Å². The Morgan fingerprint density at radius 3 is 2.40 bits per heavy atom. The zero-order chi connectivity index (χ0) is 15.1. The molecule has 1 rings (SSSR count). The zero-order valence-corrected chi connectivity index (χ0v) is 12.1. The molecule has 1 aliphatic heterocycles. The highest BCUT2D eigenvalue weighted by Gasteiger charge is 2.30. The Balaban J connectivity index is 2.13. The van der Waals surface area contributed by atoms with E-state index in [9.17, 15) is 19.5 Å². The van der Waals surface area contributed by atoms with Crippen LogP contribution in [0.2, 0.25) is 0 Å². The Morgan fingerprint density at radius 2 is 1.85 bits per heavy atom. The summed E-state index contributed by atoms with van der Waals surface area (Å²) < 4.78 is 0. The van der Waals surface area contributed by atoms with Gasteiger partial charge in [0.15, 0.2) is 5.78 Å². The van der Waals surface area contributed by atoms with Crippen LogP contribution in [0.4, 0.5) is 0 Å². The van der Waals surface area contributed by atoms with Crippen LogP contribution in [0.1, 0.15) is 51.9 Å². The van der Waals surface area contributed by atoms with Gasteiger partial charge in [0.1, 0.15) is 0 Å². The number of unbranched alkanes of at least 4 members (excludes halogenated alkanes) is 2. The Hall–Kier alpha value is -1.49. The number of aliphatic hydroxyl groups excluding tert-OH is 1. The maximum absolute atomic E-state index is 11.4. The molecule has 0 radical (unpaired) electrons. The van der Waals surface area contributed by atoms with Crippen LogP contribution in [-0.4, -0.2) is 40.3 Å². The van der Waals surface area contributed by atoms with Crippen LogP contribution in [0.25, 0.3) is 0 Å². The number of rotatable bonds is 9. The average molecular weight is 281 g/mol. The summed E-state index contributed by atoms with van der Waals surface area (Å²) in [5, 5.41) is 9.81. The van der Waals surface area contributed by atoms with Gasteiger partial charge in [0.2, 0.25) is 11.8 Å². The quantitative estimate of drug-likeness (QED) is 0.395. The van der Waals surface area contributed by atoms with Gasteiger partial charge in [-0.3, -0.25) is 19.3 Å². The van der Waals surface area contributed by atoms with Gasteiger partial charge in [-0.25, -0.2) is 0 Å². The Morgan fingerprint density at radius 1 is 1.25 bits per heavy atom. The number of likely N-dealkylation sites (tertiary alicyclic amines) is 1. The van der Waals surface area contributed by atoms with Gasteiger partial charge >= 0.3 is 0 Å². The van der Waals surface area contributed by atoms with Crippen LogP contribution in [-0.2, 0) is 14.4 Å². The summed E-state index contributed by atoms with van der Waals surface area (Å²) in [6, 6.07) is 0. The molecule has 0 spiro atoms. The van der Waals surface area contributed by atoms with Crippen LogP contribution < -0.4 is 0 Å². The van der Waals surface area contributed by atoms with E-state index in [1.165, 1.54) is 0 Å². The molecule has 0 bridgehead atoms. The lowest BCUT2D eigenvalue weighted by Gasteiger charge is -2.18. The maximum Gasteiger partial charge on any atom is 0.229 e. The van der Waals surface area contributed by atoms with Crippen molar-refractivity contribution in [3.05, 3.63) is 12.2 Å². The summed E-state index contributed by atoms with van der Waals surface area (Å²) >= 11 is 0. The first-order valence-corrected chi connectivity index (χ1v) is 7.11. The number of hydrogen-bond acceptors (Lipinski definition) is 4. The lowest BCUT2D eigenvalue weighted by atomic mass is 10.0. The second kappa shape index (κ2) is 7.94. The summed E-state index contributed by atoms with van der Waals surface area (Å²) in [5.41, 5.74) is 0.580. The number of nitrogens with zero attached hydrogens (tertiary/aromatic N) is 1. The van der Waals surface area contributed by atoms with Gasteiger partial charge in [-0.15, -0.1) is 0 Å². The lowest BCUT2D eigenvalue weighted by Crippen LogP contribution is -2.36. The number of carbonyl (C=O) groups is 3. The first-order chi connectivity index (χ1) is 9.41. The average Bonchev–Trinajstić information content (AvgIpc) is 2.69. The molecule has 1 unspecified atom stereocenters. The summed E-state index contributed by atoms with van der Waals surface area (Å²) in [6.07, 6.45) is 3.28. The highest BCUT2D eigenvalue weighted by atomic mass is 16.3. The molecular weight excluding hydrogens is 258 g/mol. The van der Waals surface area contributed by atoms with Crippen molar-refractivity contribution in [3.8, 4) is 0 Å². The zero-order valence-electron chi connectivity index (χ0n) is 12.1. The van der Waals surface area contributed by atoms with Crippen LogP contribution in [0, 0.1) is 0 Å². The molecule has 5 nitrogen and oxygen atoms in total. The highest BCUT2D eigenvalue weighted by molar-refractivity contribution is 6.01. The number of allylic oxidation sites excluding steroid dienone is 1. The van der Waals surface area contributed by atoms with Gasteiger partial charge in [0, 0.05) is 19.3 Å². The maximum atomic E-state index is 11.4. The number of imide groups is 1. The molecule has 0 aromatic heterocycles. The van der Waals surface area contributed by atoms with Crippen molar-refractivity contribution < 1.29 is 19.5 Å². The summed E-state index contributed by atoms with van der Waals surface area (Å²) in [4.78, 5) is 35.2. The molecule has 1 atom stereocenters. The standard InChI is InChI=1S/C15H23NO4/c1-11(2)13(18)7-5-3-4-6-12(17)10-16-14(19)8-9-15(16)20/h12,17H,1,3-10H2,2H3. The van der Waals surface area contributed by atoms with Crippen LogP contribution in [0.3, 0.4) is 0 Å². The van der Waals surface area contributed by atoms with E-state index in [-0.39, 0.29) is 37.0 Å². The molecule has 0 aromatic carbocycles. The monoisotopic (exact) mass is 281 g/mol. The molecule has 20 heavy (non-hydrogen) atoms. The van der Waals surface area contributed by atoms with Gasteiger partial charge in [-0.2, -0.15) is 0 Å². The highest BCUT2D eigenvalue weighted by Crippen LogP contribution is 2.14. The molecular formula is C15H23NO4. The fraction of sp³-hybridized carbons (Fsp3) is 0.667. The molecule has 5 heteroatoms. The fourth-order valence-corrected chi connectivity index (χ4v) is 2.18. The second-order valence-corrected chi connectivity index (χ2v) is 5.35. The number of Topliss-reactive ketones (excluding diaryl/α,β-unsaturated/α-hetero) is 1. The normalized spacial score (nSPS) is 16.6. The first-order valence-electron chi connectivity index (χ1n) is 7.11. The number of hydrogen-bond donors (Lipinski definition) is 1. The van der Waals surface area contributed by atoms with Crippen molar-refractivity contribution in [1.82, 2.24) is 4.90 Å². The van der Waals surface area contributed by atoms with Crippen LogP contribution in [0.15, 0.2) is 12.2 Å². The first kappa shape index (κ1) is 16.6. The predicted octanol–water partition coefficient (Wildman–Crippen LogP) is 1.59. The van der Waals surface area contributed by atoms with Crippen molar-refractivity contribution in [2.75, 3.05) is 6.54 Å². The minimum Gasteiger partial charge on any atom is -0.391 e. The summed E-state index contributed by atoms with van der Waals surface area (Å²) in [6.45, 7) is 5.40. The molecule has 112 valence electrons. The third-order valence-electron chi connectivity index (χ3n) is 3.47. The van der Waals surface area contributed by atoms with Gasteiger partial charge in [0.05, 0.1) is 12.6 Å². The van der Waals surface area contributed by atoms with Crippen molar-refractivity contribution in [2.45, 2.75) is 58.0 Å². The van der Waals surface area contributed by atoms with E-state index in [2.05, 4.69) is 6.58 Å². The third kappa shape index (κ3) is 5.25. The molecule has 1 N–H and O–H groups in total. The van der Waals surface area contributed by atoms with E-state index in [1.807, 2.05) is 0 Å². The SMILES string of the molecule is C=C(C)C(=O)CCCCCC(O)CN1C(=O)CCC1=O. The number of ketones is 1. The second-order valence-electron chi connectivity index (χ2n) is 5.35. The van der Waals surface area contributed by atoms with E-state index in [0.29, 0.717) is 18.4 Å². The molecule has 0 aliphatic carbocycles. The van der Waals surface area contributed by atoms with Crippen molar-refractivity contribution in [1.29, 1.82) is 0 Å². The Bertz CT molecular complexity index is 387.